The first-order chi connectivity index (χ1) is 14.0. The number of carbonyl (C=O) groups is 2. The van der Waals surface area contributed by atoms with Crippen molar-refractivity contribution in [2.45, 2.75) is 32.4 Å². The van der Waals surface area contributed by atoms with E-state index in [1.54, 1.807) is 7.11 Å². The number of nitrogens with zero attached hydrogens (tertiary/aromatic N) is 1. The summed E-state index contributed by atoms with van der Waals surface area (Å²) in [5.41, 5.74) is 3.06. The fraction of sp³-hybridized carbons (Fsp3) is 0.391. The molecule has 6 nitrogen and oxygen atoms in total. The number of carbonyl (C=O) groups excluding carboxylic acids is 2. The van der Waals surface area contributed by atoms with Gasteiger partial charge < -0.3 is 20.3 Å². The maximum atomic E-state index is 13.3. The summed E-state index contributed by atoms with van der Waals surface area (Å²) in [4.78, 5) is 27.0. The number of benzene rings is 2. The quantitative estimate of drug-likeness (QED) is 0.737. The molecule has 0 saturated carbocycles. The molecule has 2 unspecified atom stereocenters. The van der Waals surface area contributed by atoms with E-state index in [1.807, 2.05) is 60.4 Å². The second-order valence-corrected chi connectivity index (χ2v) is 7.42. The number of aryl methyl sites for hydroxylation is 1. The maximum absolute atomic E-state index is 13.3. The fourth-order valence-corrected chi connectivity index (χ4v) is 3.81. The molecule has 0 spiro atoms. The third-order valence-corrected chi connectivity index (χ3v) is 5.30. The average molecular weight is 432 g/mol. The van der Waals surface area contributed by atoms with Gasteiger partial charge in [0.25, 0.3) is 0 Å². The molecule has 2 amide bonds. The van der Waals surface area contributed by atoms with Crippen molar-refractivity contribution in [2.24, 2.45) is 0 Å². The van der Waals surface area contributed by atoms with E-state index in [9.17, 15) is 9.59 Å². The smallest absolute Gasteiger partial charge is 0.225 e. The van der Waals surface area contributed by atoms with E-state index in [2.05, 4.69) is 10.6 Å². The molecule has 1 aliphatic heterocycles. The zero-order chi connectivity index (χ0) is 20.8. The summed E-state index contributed by atoms with van der Waals surface area (Å²) in [6, 6.07) is 15.3. The Bertz CT molecular complexity index is 857. The molecule has 2 N–H and O–H groups in total. The monoisotopic (exact) mass is 431 g/mol. The number of para-hydroxylation sites is 1. The highest BCUT2D eigenvalue weighted by Gasteiger charge is 2.31. The lowest BCUT2D eigenvalue weighted by molar-refractivity contribution is -0.135. The number of ether oxygens (including phenoxy) is 1. The normalized spacial score (nSPS) is 16.9. The van der Waals surface area contributed by atoms with E-state index in [1.165, 1.54) is 6.92 Å². The van der Waals surface area contributed by atoms with Gasteiger partial charge in [0, 0.05) is 32.1 Å². The molecule has 0 aromatic heterocycles. The van der Waals surface area contributed by atoms with Gasteiger partial charge in [-0.25, -0.2) is 0 Å². The first kappa shape index (κ1) is 23.7. The first-order valence-corrected chi connectivity index (χ1v) is 9.96. The Labute approximate surface area is 184 Å². The number of methoxy groups -OCH3 is 1. The van der Waals surface area contributed by atoms with Crippen LogP contribution in [0.25, 0.3) is 0 Å². The van der Waals surface area contributed by atoms with Gasteiger partial charge in [-0.3, -0.25) is 9.59 Å². The molecular weight excluding hydrogens is 402 g/mol. The standard InChI is InChI=1S/C23H29N3O3.ClH/c1-16-8-10-18(11-9-16)20(25-17(2)27)14-23(28)26-13-12-24-15-21(26)19-6-4-5-7-22(19)29-3;/h4-11,20-21,24H,12-15H2,1-3H3,(H,25,27);1H. The number of hydrogen-bond acceptors (Lipinski definition) is 4. The number of nitrogens with one attached hydrogen (secondary N) is 2. The average Bonchev–Trinajstić information content (AvgIpc) is 2.73. The second-order valence-electron chi connectivity index (χ2n) is 7.42. The predicted molar refractivity (Wildman–Crippen MR) is 120 cm³/mol. The zero-order valence-electron chi connectivity index (χ0n) is 17.7. The first-order valence-electron chi connectivity index (χ1n) is 9.96. The Morgan fingerprint density at radius 1 is 1.20 bits per heavy atom. The second kappa shape index (κ2) is 11.0. The van der Waals surface area contributed by atoms with E-state index in [-0.39, 0.29) is 42.7 Å². The summed E-state index contributed by atoms with van der Waals surface area (Å²) in [5, 5.41) is 6.31. The summed E-state index contributed by atoms with van der Waals surface area (Å²) in [7, 11) is 1.64. The predicted octanol–water partition coefficient (Wildman–Crippen LogP) is 3.17. The van der Waals surface area contributed by atoms with E-state index in [0.717, 1.165) is 29.0 Å². The minimum absolute atomic E-state index is 0. The van der Waals surface area contributed by atoms with Crippen LogP contribution in [0.2, 0.25) is 0 Å². The van der Waals surface area contributed by atoms with Crippen molar-refractivity contribution < 1.29 is 14.3 Å². The van der Waals surface area contributed by atoms with Crippen molar-refractivity contribution >= 4 is 24.2 Å². The largest absolute Gasteiger partial charge is 0.496 e. The number of halogens is 1. The zero-order valence-corrected chi connectivity index (χ0v) is 18.5. The van der Waals surface area contributed by atoms with Crippen molar-refractivity contribution in [1.82, 2.24) is 15.5 Å². The summed E-state index contributed by atoms with van der Waals surface area (Å²) >= 11 is 0. The summed E-state index contributed by atoms with van der Waals surface area (Å²) < 4.78 is 5.52. The van der Waals surface area contributed by atoms with Crippen molar-refractivity contribution in [3.63, 3.8) is 0 Å². The van der Waals surface area contributed by atoms with Gasteiger partial charge in [0.1, 0.15) is 5.75 Å². The summed E-state index contributed by atoms with van der Waals surface area (Å²) in [5.74, 6) is 0.641. The molecule has 0 radical (unpaired) electrons. The van der Waals surface area contributed by atoms with E-state index in [0.29, 0.717) is 13.1 Å². The highest BCUT2D eigenvalue weighted by molar-refractivity contribution is 5.85. The fourth-order valence-electron chi connectivity index (χ4n) is 3.81. The Balaban J connectivity index is 0.00000320. The van der Waals surface area contributed by atoms with Gasteiger partial charge in [0.2, 0.25) is 11.8 Å². The van der Waals surface area contributed by atoms with Crippen LogP contribution in [-0.4, -0.2) is 43.5 Å². The molecule has 3 rings (SSSR count). The van der Waals surface area contributed by atoms with Crippen LogP contribution >= 0.6 is 12.4 Å². The Morgan fingerprint density at radius 2 is 1.90 bits per heavy atom. The summed E-state index contributed by atoms with van der Waals surface area (Å²) in [6.07, 6.45) is 0.217. The van der Waals surface area contributed by atoms with E-state index < -0.39 is 0 Å². The third-order valence-electron chi connectivity index (χ3n) is 5.30. The van der Waals surface area contributed by atoms with Crippen molar-refractivity contribution in [1.29, 1.82) is 0 Å². The number of hydrogen-bond donors (Lipinski definition) is 2. The molecule has 162 valence electrons. The minimum atomic E-state index is -0.353. The molecule has 1 aliphatic rings. The molecule has 7 heteroatoms. The van der Waals surface area contributed by atoms with Crippen LogP contribution in [0, 0.1) is 6.92 Å². The molecule has 1 saturated heterocycles. The van der Waals surface area contributed by atoms with Crippen LogP contribution in [0.15, 0.2) is 48.5 Å². The van der Waals surface area contributed by atoms with E-state index in [4.69, 9.17) is 4.74 Å². The molecule has 30 heavy (non-hydrogen) atoms. The lowest BCUT2D eigenvalue weighted by Gasteiger charge is -2.38. The number of piperazine rings is 1. The van der Waals surface area contributed by atoms with Crippen molar-refractivity contribution in [2.75, 3.05) is 26.7 Å². The highest BCUT2D eigenvalue weighted by Crippen LogP contribution is 2.31. The number of rotatable bonds is 6. The molecule has 2 aromatic carbocycles. The lowest BCUT2D eigenvalue weighted by Crippen LogP contribution is -2.49. The number of amides is 2. The van der Waals surface area contributed by atoms with Crippen LogP contribution in [-0.2, 0) is 9.59 Å². The van der Waals surface area contributed by atoms with Crippen molar-refractivity contribution in [3.05, 3.63) is 65.2 Å². The van der Waals surface area contributed by atoms with E-state index >= 15 is 0 Å². The van der Waals surface area contributed by atoms with Crippen LogP contribution in [0.5, 0.6) is 5.75 Å². The Kier molecular flexibility index (Phi) is 8.69. The highest BCUT2D eigenvalue weighted by atomic mass is 35.5. The minimum Gasteiger partial charge on any atom is -0.496 e. The molecule has 1 fully saturated rings. The van der Waals surface area contributed by atoms with Crippen LogP contribution in [0.4, 0.5) is 0 Å². The van der Waals surface area contributed by atoms with Gasteiger partial charge >= 0.3 is 0 Å². The molecule has 2 aromatic rings. The van der Waals surface area contributed by atoms with Crippen LogP contribution < -0.4 is 15.4 Å². The maximum Gasteiger partial charge on any atom is 0.225 e. The van der Waals surface area contributed by atoms with Crippen LogP contribution in [0.3, 0.4) is 0 Å². The molecule has 1 heterocycles. The lowest BCUT2D eigenvalue weighted by atomic mass is 9.98. The van der Waals surface area contributed by atoms with Gasteiger partial charge in [-0.2, -0.15) is 0 Å². The van der Waals surface area contributed by atoms with Gasteiger partial charge in [-0.05, 0) is 18.6 Å². The van der Waals surface area contributed by atoms with Gasteiger partial charge in [0.05, 0.1) is 25.6 Å². The van der Waals surface area contributed by atoms with Gasteiger partial charge in [-0.1, -0.05) is 48.0 Å². The third kappa shape index (κ3) is 5.74. The molecular formula is C23H30ClN3O3. The Morgan fingerprint density at radius 3 is 2.57 bits per heavy atom. The van der Waals surface area contributed by atoms with Crippen LogP contribution in [0.1, 0.15) is 42.1 Å². The van der Waals surface area contributed by atoms with Gasteiger partial charge in [0.15, 0.2) is 0 Å². The summed E-state index contributed by atoms with van der Waals surface area (Å²) in [6.45, 7) is 5.52. The van der Waals surface area contributed by atoms with Crippen molar-refractivity contribution in [3.8, 4) is 5.75 Å². The van der Waals surface area contributed by atoms with Gasteiger partial charge in [-0.15, -0.1) is 12.4 Å². The SMILES string of the molecule is COc1ccccc1C1CNCCN1C(=O)CC(NC(C)=O)c1ccc(C)cc1.Cl. The molecule has 2 atom stereocenters. The topological polar surface area (TPSA) is 70.7 Å². The Hall–Kier alpha value is -2.57. The molecule has 0 bridgehead atoms. The molecule has 0 aliphatic carbocycles.